The van der Waals surface area contributed by atoms with Crippen LogP contribution in [0.4, 0.5) is 5.69 Å². The number of nitrogen functional groups attached to an aromatic ring is 1. The van der Waals surface area contributed by atoms with E-state index in [-0.39, 0.29) is 5.82 Å². The Labute approximate surface area is 111 Å². The molecule has 2 heterocycles. The molecule has 0 aliphatic rings. The molecule has 0 amide bonds. The number of thiazole rings is 1. The van der Waals surface area contributed by atoms with E-state index in [2.05, 4.69) is 19.8 Å². The van der Waals surface area contributed by atoms with Crippen LogP contribution in [0.5, 0.6) is 0 Å². The summed E-state index contributed by atoms with van der Waals surface area (Å²) in [5.74, 6) is -0.578. The third-order valence-electron chi connectivity index (χ3n) is 2.46. The zero-order valence-electron chi connectivity index (χ0n) is 9.90. The highest BCUT2D eigenvalue weighted by Crippen LogP contribution is 2.26. The number of fused-ring (bicyclic) bond motifs is 1. The lowest BCUT2D eigenvalue weighted by atomic mass is 10.3. The molecule has 0 fully saturated rings. The predicted octanol–water partition coefficient (Wildman–Crippen LogP) is 1.25. The second-order valence-corrected chi connectivity index (χ2v) is 4.74. The van der Waals surface area contributed by atoms with E-state index in [0.29, 0.717) is 10.8 Å². The first-order valence-electron chi connectivity index (χ1n) is 5.34. The van der Waals surface area contributed by atoms with Gasteiger partial charge in [-0.25, -0.2) is 14.8 Å². The molecule has 2 N–H and O–H groups in total. The second kappa shape index (κ2) is 4.32. The summed E-state index contributed by atoms with van der Waals surface area (Å²) >= 11 is 1.41. The number of carbonyl (C=O) groups excluding carboxylic acids is 1. The Morgan fingerprint density at radius 2 is 2.32 bits per heavy atom. The Kier molecular flexibility index (Phi) is 2.64. The van der Waals surface area contributed by atoms with Gasteiger partial charge in [0.25, 0.3) is 5.82 Å². The van der Waals surface area contributed by atoms with Crippen molar-refractivity contribution in [2.45, 2.75) is 0 Å². The molecule has 0 radical (unpaired) electrons. The number of benzene rings is 1. The van der Waals surface area contributed by atoms with Crippen LogP contribution in [0.25, 0.3) is 15.3 Å². The summed E-state index contributed by atoms with van der Waals surface area (Å²) < 4.78 is 6.94. The van der Waals surface area contributed by atoms with Crippen LogP contribution in [0.2, 0.25) is 0 Å². The monoisotopic (exact) mass is 275 g/mol. The van der Waals surface area contributed by atoms with Gasteiger partial charge in [0, 0.05) is 5.69 Å². The Morgan fingerprint density at radius 3 is 3.11 bits per heavy atom. The van der Waals surface area contributed by atoms with Crippen molar-refractivity contribution in [3.8, 4) is 5.13 Å². The summed E-state index contributed by atoms with van der Waals surface area (Å²) in [4.78, 5) is 19.5. The number of hydrogen-bond acceptors (Lipinski definition) is 7. The van der Waals surface area contributed by atoms with Gasteiger partial charge in [-0.05, 0) is 18.2 Å². The number of carbonyl (C=O) groups is 1. The van der Waals surface area contributed by atoms with Crippen molar-refractivity contribution in [1.82, 2.24) is 19.7 Å². The number of esters is 1. The van der Waals surface area contributed by atoms with Gasteiger partial charge in [-0.15, -0.1) is 5.10 Å². The summed E-state index contributed by atoms with van der Waals surface area (Å²) in [6.45, 7) is 0. The quantitative estimate of drug-likeness (QED) is 0.558. The van der Waals surface area contributed by atoms with Crippen LogP contribution in [0.1, 0.15) is 10.6 Å². The molecule has 8 heteroatoms. The number of methoxy groups -OCH3 is 1. The zero-order valence-corrected chi connectivity index (χ0v) is 10.7. The van der Waals surface area contributed by atoms with E-state index in [9.17, 15) is 4.79 Å². The van der Waals surface area contributed by atoms with Crippen molar-refractivity contribution in [2.24, 2.45) is 0 Å². The minimum atomic E-state index is -0.580. The molecule has 3 aromatic rings. The standard InChI is InChI=1S/C11H9N5O2S/c1-18-10(17)9-13-5-16(15-9)11-14-7-3-2-6(12)4-8(7)19-11/h2-5H,12H2,1H3. The predicted molar refractivity (Wildman–Crippen MR) is 70.3 cm³/mol. The van der Waals surface area contributed by atoms with Gasteiger partial charge >= 0.3 is 5.97 Å². The van der Waals surface area contributed by atoms with E-state index in [1.165, 1.54) is 29.5 Å². The van der Waals surface area contributed by atoms with Crippen molar-refractivity contribution >= 4 is 33.2 Å². The first-order chi connectivity index (χ1) is 9.17. The van der Waals surface area contributed by atoms with Crippen LogP contribution in [-0.4, -0.2) is 32.8 Å². The molecule has 0 saturated carbocycles. The molecule has 19 heavy (non-hydrogen) atoms. The maximum Gasteiger partial charge on any atom is 0.377 e. The minimum absolute atomic E-state index is 0.00118. The second-order valence-electron chi connectivity index (χ2n) is 3.73. The number of aromatic nitrogens is 4. The van der Waals surface area contributed by atoms with Crippen molar-refractivity contribution in [2.75, 3.05) is 12.8 Å². The normalized spacial score (nSPS) is 10.8. The summed E-state index contributed by atoms with van der Waals surface area (Å²) in [5.41, 5.74) is 7.22. The van der Waals surface area contributed by atoms with Crippen molar-refractivity contribution in [3.05, 3.63) is 30.4 Å². The maximum atomic E-state index is 11.3. The largest absolute Gasteiger partial charge is 0.463 e. The van der Waals surface area contributed by atoms with Gasteiger partial charge < -0.3 is 10.5 Å². The van der Waals surface area contributed by atoms with Crippen molar-refractivity contribution in [1.29, 1.82) is 0 Å². The molecule has 0 spiro atoms. The fraction of sp³-hybridized carbons (Fsp3) is 0.0909. The molecule has 7 nitrogen and oxygen atoms in total. The molecule has 0 bridgehead atoms. The zero-order chi connectivity index (χ0) is 13.4. The summed E-state index contributed by atoms with van der Waals surface area (Å²) in [5, 5.41) is 4.63. The number of rotatable bonds is 2. The summed E-state index contributed by atoms with van der Waals surface area (Å²) in [6, 6.07) is 5.46. The molecular weight excluding hydrogens is 266 g/mol. The van der Waals surface area contributed by atoms with Crippen LogP contribution in [0, 0.1) is 0 Å². The Morgan fingerprint density at radius 1 is 1.47 bits per heavy atom. The number of nitrogens with two attached hydrogens (primary N) is 1. The summed E-state index contributed by atoms with van der Waals surface area (Å²) in [6.07, 6.45) is 1.42. The Balaban J connectivity index is 2.04. The first-order valence-corrected chi connectivity index (χ1v) is 6.15. The van der Waals surface area contributed by atoms with E-state index in [1.54, 1.807) is 6.07 Å². The third-order valence-corrected chi connectivity index (χ3v) is 3.46. The van der Waals surface area contributed by atoms with Crippen LogP contribution >= 0.6 is 11.3 Å². The fourth-order valence-electron chi connectivity index (χ4n) is 1.57. The van der Waals surface area contributed by atoms with Crippen LogP contribution in [0.3, 0.4) is 0 Å². The van der Waals surface area contributed by atoms with Crippen LogP contribution < -0.4 is 5.73 Å². The van der Waals surface area contributed by atoms with Gasteiger partial charge in [-0.2, -0.15) is 4.68 Å². The van der Waals surface area contributed by atoms with Gasteiger partial charge in [-0.3, -0.25) is 0 Å². The lowest BCUT2D eigenvalue weighted by Gasteiger charge is -1.91. The topological polar surface area (TPSA) is 95.9 Å². The Bertz CT molecular complexity index is 763. The molecule has 3 rings (SSSR count). The summed E-state index contributed by atoms with van der Waals surface area (Å²) in [7, 11) is 1.28. The maximum absolute atomic E-state index is 11.3. The highest BCUT2D eigenvalue weighted by atomic mass is 32.1. The van der Waals surface area contributed by atoms with Gasteiger partial charge in [-0.1, -0.05) is 11.3 Å². The lowest BCUT2D eigenvalue weighted by Crippen LogP contribution is -2.05. The first kappa shape index (κ1) is 11.6. The number of nitrogens with zero attached hydrogens (tertiary/aromatic N) is 4. The highest BCUT2D eigenvalue weighted by Gasteiger charge is 2.14. The van der Waals surface area contributed by atoms with Crippen LogP contribution in [-0.2, 0) is 4.74 Å². The van der Waals surface area contributed by atoms with Crippen molar-refractivity contribution < 1.29 is 9.53 Å². The average Bonchev–Trinajstić information content (AvgIpc) is 3.03. The molecule has 0 atom stereocenters. The molecule has 0 saturated heterocycles. The van der Waals surface area contributed by atoms with E-state index in [0.717, 1.165) is 10.2 Å². The SMILES string of the molecule is COC(=O)c1ncn(-c2nc3ccc(N)cc3s2)n1. The lowest BCUT2D eigenvalue weighted by molar-refractivity contribution is 0.0587. The van der Waals surface area contributed by atoms with Gasteiger partial charge in [0.15, 0.2) is 0 Å². The average molecular weight is 275 g/mol. The molecule has 0 aliphatic heterocycles. The molecule has 1 aromatic carbocycles. The van der Waals surface area contributed by atoms with E-state index >= 15 is 0 Å². The molecule has 96 valence electrons. The van der Waals surface area contributed by atoms with Gasteiger partial charge in [0.05, 0.1) is 17.3 Å². The van der Waals surface area contributed by atoms with E-state index in [4.69, 9.17) is 5.73 Å². The highest BCUT2D eigenvalue weighted by molar-refractivity contribution is 7.20. The smallest absolute Gasteiger partial charge is 0.377 e. The van der Waals surface area contributed by atoms with Gasteiger partial charge in [0.2, 0.25) is 5.13 Å². The number of ether oxygens (including phenoxy) is 1. The molecular formula is C11H9N5O2S. The van der Waals surface area contributed by atoms with E-state index in [1.807, 2.05) is 12.1 Å². The molecule has 0 unspecified atom stereocenters. The van der Waals surface area contributed by atoms with Crippen LogP contribution in [0.15, 0.2) is 24.5 Å². The number of anilines is 1. The fourth-order valence-corrected chi connectivity index (χ4v) is 2.50. The van der Waals surface area contributed by atoms with Gasteiger partial charge in [0.1, 0.15) is 6.33 Å². The Hall–Kier alpha value is -2.48. The number of hydrogen-bond donors (Lipinski definition) is 1. The van der Waals surface area contributed by atoms with Crippen molar-refractivity contribution in [3.63, 3.8) is 0 Å². The minimum Gasteiger partial charge on any atom is -0.463 e. The van der Waals surface area contributed by atoms with E-state index < -0.39 is 5.97 Å². The molecule has 2 aromatic heterocycles. The third kappa shape index (κ3) is 2.02. The molecule has 0 aliphatic carbocycles.